The molecule has 0 fully saturated rings. The number of nitrogens with two attached hydrogens (primary N) is 1. The first-order chi connectivity index (χ1) is 10.1. The highest BCUT2D eigenvalue weighted by Gasteiger charge is 2.08. The third-order valence-electron chi connectivity index (χ3n) is 3.16. The molecule has 0 aliphatic carbocycles. The summed E-state index contributed by atoms with van der Waals surface area (Å²) in [6.07, 6.45) is 0.214. The molecule has 0 radical (unpaired) electrons. The van der Waals surface area contributed by atoms with E-state index in [1.165, 1.54) is 0 Å². The minimum Gasteiger partial charge on any atom is -0.409 e. The standard InChI is InChI=1S/C17H20N2O2/c1-12(2)21-11-13-7-9-14(10-8-13)15-5-3-4-6-16(15)17(18)19-20/h3-10,12,20H,11H2,1-2H3,(H2,18,19). The molecule has 2 rings (SSSR count). The number of hydrogen-bond donors (Lipinski definition) is 2. The van der Waals surface area contributed by atoms with Crippen molar-refractivity contribution in [2.45, 2.75) is 26.6 Å². The lowest BCUT2D eigenvalue weighted by Crippen LogP contribution is -2.14. The van der Waals surface area contributed by atoms with Crippen LogP contribution in [-0.4, -0.2) is 17.1 Å². The predicted molar refractivity (Wildman–Crippen MR) is 84.3 cm³/mol. The first-order valence-electron chi connectivity index (χ1n) is 6.89. The van der Waals surface area contributed by atoms with Crippen molar-refractivity contribution in [3.63, 3.8) is 0 Å². The van der Waals surface area contributed by atoms with E-state index in [9.17, 15) is 0 Å². The SMILES string of the molecule is CC(C)OCc1ccc(-c2ccccc2/C(N)=N/O)cc1. The van der Waals surface area contributed by atoms with Crippen LogP contribution in [0.2, 0.25) is 0 Å². The average molecular weight is 284 g/mol. The molecular formula is C17H20N2O2. The molecule has 0 heterocycles. The summed E-state index contributed by atoms with van der Waals surface area (Å²) in [4.78, 5) is 0. The Hall–Kier alpha value is -2.33. The Balaban J connectivity index is 2.27. The highest BCUT2D eigenvalue weighted by atomic mass is 16.5. The fraction of sp³-hybridized carbons (Fsp3) is 0.235. The molecule has 110 valence electrons. The molecule has 0 amide bonds. The normalized spacial score (nSPS) is 11.9. The van der Waals surface area contributed by atoms with Gasteiger partial charge in [-0.15, -0.1) is 0 Å². The van der Waals surface area contributed by atoms with E-state index in [4.69, 9.17) is 15.7 Å². The van der Waals surface area contributed by atoms with E-state index in [1.807, 2.05) is 62.4 Å². The highest BCUT2D eigenvalue weighted by Crippen LogP contribution is 2.24. The van der Waals surface area contributed by atoms with Crippen LogP contribution in [0.25, 0.3) is 11.1 Å². The average Bonchev–Trinajstić information content (AvgIpc) is 2.52. The molecule has 0 atom stereocenters. The van der Waals surface area contributed by atoms with Gasteiger partial charge in [-0.1, -0.05) is 53.7 Å². The predicted octanol–water partition coefficient (Wildman–Crippen LogP) is 3.37. The van der Waals surface area contributed by atoms with Gasteiger partial charge in [0.15, 0.2) is 5.84 Å². The van der Waals surface area contributed by atoms with Crippen LogP contribution in [0.15, 0.2) is 53.7 Å². The van der Waals surface area contributed by atoms with Gasteiger partial charge >= 0.3 is 0 Å². The minimum absolute atomic E-state index is 0.109. The van der Waals surface area contributed by atoms with Crippen LogP contribution >= 0.6 is 0 Å². The van der Waals surface area contributed by atoms with Crippen molar-refractivity contribution < 1.29 is 9.94 Å². The van der Waals surface area contributed by atoms with Crippen LogP contribution in [0, 0.1) is 0 Å². The summed E-state index contributed by atoms with van der Waals surface area (Å²) < 4.78 is 5.58. The molecule has 0 spiro atoms. The monoisotopic (exact) mass is 284 g/mol. The Morgan fingerprint density at radius 1 is 1.14 bits per heavy atom. The molecular weight excluding hydrogens is 264 g/mol. The quantitative estimate of drug-likeness (QED) is 0.383. The van der Waals surface area contributed by atoms with Gasteiger partial charge in [-0.25, -0.2) is 0 Å². The lowest BCUT2D eigenvalue weighted by Gasteiger charge is -2.10. The molecule has 2 aromatic rings. The molecule has 0 bridgehead atoms. The molecule has 4 nitrogen and oxygen atoms in total. The van der Waals surface area contributed by atoms with Crippen LogP contribution in [0.5, 0.6) is 0 Å². The van der Waals surface area contributed by atoms with Crippen molar-refractivity contribution in [2.75, 3.05) is 0 Å². The topological polar surface area (TPSA) is 67.8 Å². The largest absolute Gasteiger partial charge is 0.409 e. The van der Waals surface area contributed by atoms with Crippen molar-refractivity contribution in [3.8, 4) is 11.1 Å². The molecule has 0 saturated carbocycles. The second kappa shape index (κ2) is 6.90. The summed E-state index contributed by atoms with van der Waals surface area (Å²) >= 11 is 0. The van der Waals surface area contributed by atoms with Crippen molar-refractivity contribution in [1.82, 2.24) is 0 Å². The van der Waals surface area contributed by atoms with E-state index < -0.39 is 0 Å². The first kappa shape index (κ1) is 15.1. The van der Waals surface area contributed by atoms with Crippen LogP contribution < -0.4 is 5.73 Å². The van der Waals surface area contributed by atoms with Gasteiger partial charge in [0, 0.05) is 5.56 Å². The van der Waals surface area contributed by atoms with Crippen LogP contribution in [-0.2, 0) is 11.3 Å². The van der Waals surface area contributed by atoms with E-state index in [2.05, 4.69) is 5.16 Å². The van der Waals surface area contributed by atoms with E-state index in [0.717, 1.165) is 16.7 Å². The maximum absolute atomic E-state index is 8.87. The number of oxime groups is 1. The second-order valence-electron chi connectivity index (χ2n) is 5.09. The summed E-state index contributed by atoms with van der Waals surface area (Å²) in [5.41, 5.74) is 9.51. The van der Waals surface area contributed by atoms with Gasteiger partial charge in [-0.2, -0.15) is 0 Å². The van der Waals surface area contributed by atoms with Crippen LogP contribution in [0.3, 0.4) is 0 Å². The van der Waals surface area contributed by atoms with Gasteiger partial charge in [-0.05, 0) is 30.5 Å². The van der Waals surface area contributed by atoms with Gasteiger partial charge in [0.2, 0.25) is 0 Å². The van der Waals surface area contributed by atoms with E-state index in [1.54, 1.807) is 0 Å². The summed E-state index contributed by atoms with van der Waals surface area (Å²) in [6, 6.07) is 15.7. The first-order valence-corrected chi connectivity index (χ1v) is 6.89. The van der Waals surface area contributed by atoms with Crippen molar-refractivity contribution in [3.05, 3.63) is 59.7 Å². The van der Waals surface area contributed by atoms with E-state index in [-0.39, 0.29) is 11.9 Å². The second-order valence-corrected chi connectivity index (χ2v) is 5.09. The molecule has 3 N–H and O–H groups in total. The molecule has 0 saturated heterocycles. The Labute approximate surface area is 124 Å². The lowest BCUT2D eigenvalue weighted by molar-refractivity contribution is 0.0657. The zero-order chi connectivity index (χ0) is 15.2. The van der Waals surface area contributed by atoms with Gasteiger partial charge in [0.1, 0.15) is 0 Å². The maximum atomic E-state index is 8.87. The summed E-state index contributed by atoms with van der Waals surface area (Å²) in [6.45, 7) is 4.63. The smallest absolute Gasteiger partial charge is 0.170 e. The number of hydrogen-bond acceptors (Lipinski definition) is 3. The fourth-order valence-corrected chi connectivity index (χ4v) is 2.06. The highest BCUT2D eigenvalue weighted by molar-refractivity contribution is 6.03. The number of rotatable bonds is 5. The zero-order valence-corrected chi connectivity index (χ0v) is 12.3. The van der Waals surface area contributed by atoms with Crippen LogP contribution in [0.4, 0.5) is 0 Å². The van der Waals surface area contributed by atoms with Gasteiger partial charge in [-0.3, -0.25) is 0 Å². The molecule has 0 unspecified atom stereocenters. The Kier molecular flexibility index (Phi) is 4.95. The molecule has 2 aromatic carbocycles. The number of benzene rings is 2. The summed E-state index contributed by atoms with van der Waals surface area (Å²) in [5, 5.41) is 12.0. The molecule has 4 heteroatoms. The maximum Gasteiger partial charge on any atom is 0.170 e. The number of ether oxygens (including phenoxy) is 1. The Morgan fingerprint density at radius 3 is 2.43 bits per heavy atom. The van der Waals surface area contributed by atoms with Crippen LogP contribution in [0.1, 0.15) is 25.0 Å². The summed E-state index contributed by atoms with van der Waals surface area (Å²) in [7, 11) is 0. The van der Waals surface area contributed by atoms with Crippen molar-refractivity contribution in [1.29, 1.82) is 0 Å². The molecule has 0 aromatic heterocycles. The van der Waals surface area contributed by atoms with Gasteiger partial charge in [0.25, 0.3) is 0 Å². The molecule has 0 aliphatic heterocycles. The summed E-state index contributed by atoms with van der Waals surface area (Å²) in [5.74, 6) is 0.109. The Bertz CT molecular complexity index is 619. The third kappa shape index (κ3) is 3.83. The van der Waals surface area contributed by atoms with E-state index >= 15 is 0 Å². The fourth-order valence-electron chi connectivity index (χ4n) is 2.06. The number of nitrogens with zero attached hydrogens (tertiary/aromatic N) is 1. The zero-order valence-electron chi connectivity index (χ0n) is 12.3. The van der Waals surface area contributed by atoms with Crippen molar-refractivity contribution >= 4 is 5.84 Å². The van der Waals surface area contributed by atoms with Crippen molar-refractivity contribution in [2.24, 2.45) is 10.9 Å². The minimum atomic E-state index is 0.109. The van der Waals surface area contributed by atoms with Gasteiger partial charge < -0.3 is 15.7 Å². The molecule has 21 heavy (non-hydrogen) atoms. The number of amidine groups is 1. The van der Waals surface area contributed by atoms with E-state index in [0.29, 0.717) is 12.2 Å². The Morgan fingerprint density at radius 2 is 1.81 bits per heavy atom. The van der Waals surface area contributed by atoms with Gasteiger partial charge in [0.05, 0.1) is 12.7 Å². The third-order valence-corrected chi connectivity index (χ3v) is 3.16. The molecule has 0 aliphatic rings. The lowest BCUT2D eigenvalue weighted by atomic mass is 9.98.